The normalized spacial score (nSPS) is 17.8. The van der Waals surface area contributed by atoms with E-state index in [1.807, 2.05) is 0 Å². The summed E-state index contributed by atoms with van der Waals surface area (Å²) in [4.78, 5) is 25.9. The Labute approximate surface area is 102 Å². The van der Waals surface area contributed by atoms with E-state index in [1.165, 1.54) is 0 Å². The zero-order valence-corrected chi connectivity index (χ0v) is 10.5. The first-order chi connectivity index (χ1) is 8.04. The van der Waals surface area contributed by atoms with E-state index in [0.717, 1.165) is 32.5 Å². The summed E-state index contributed by atoms with van der Waals surface area (Å²) >= 11 is 0. The van der Waals surface area contributed by atoms with Gasteiger partial charge < -0.3 is 20.2 Å². The van der Waals surface area contributed by atoms with Crippen LogP contribution < -0.4 is 5.32 Å². The first kappa shape index (κ1) is 13.8. The van der Waals surface area contributed by atoms with Crippen LogP contribution in [0.15, 0.2) is 0 Å². The lowest BCUT2D eigenvalue weighted by Gasteiger charge is -2.36. The van der Waals surface area contributed by atoms with Crippen LogP contribution in [-0.2, 0) is 4.79 Å². The number of hydrogen-bond acceptors (Lipinski definition) is 3. The number of rotatable bonds is 4. The number of nitrogens with zero attached hydrogens (tertiary/aromatic N) is 2. The first-order valence-electron chi connectivity index (χ1n) is 5.99. The fourth-order valence-corrected chi connectivity index (χ4v) is 2.06. The fraction of sp³-hybridized carbons (Fsp3) is 0.818. The van der Waals surface area contributed by atoms with E-state index in [4.69, 9.17) is 5.11 Å². The van der Waals surface area contributed by atoms with Crippen molar-refractivity contribution in [2.75, 3.05) is 33.2 Å². The van der Waals surface area contributed by atoms with Gasteiger partial charge in [0.05, 0.1) is 0 Å². The highest BCUT2D eigenvalue weighted by Gasteiger charge is 2.24. The second-order valence-electron chi connectivity index (χ2n) is 4.33. The van der Waals surface area contributed by atoms with Gasteiger partial charge in [0, 0.05) is 26.2 Å². The summed E-state index contributed by atoms with van der Waals surface area (Å²) in [6, 6.07) is -0.0889. The predicted molar refractivity (Wildman–Crippen MR) is 63.9 cm³/mol. The number of carbonyl (C=O) groups is 2. The standard InChI is InChI=1S/C11H21N3O3/c1-3-14-6-4-9(5-7-14)13(2)11(17)12-8-10(15)16/h9H,3-8H2,1-2H3,(H,12,17)(H,15,16). The molecule has 6 nitrogen and oxygen atoms in total. The van der Waals surface area contributed by atoms with Gasteiger partial charge in [-0.2, -0.15) is 0 Å². The molecule has 2 amide bonds. The smallest absolute Gasteiger partial charge is 0.323 e. The molecule has 0 saturated carbocycles. The SMILES string of the molecule is CCN1CCC(N(C)C(=O)NCC(=O)O)CC1. The van der Waals surface area contributed by atoms with E-state index in [9.17, 15) is 9.59 Å². The van der Waals surface area contributed by atoms with E-state index < -0.39 is 5.97 Å². The predicted octanol–water partition coefficient (Wildman–Crippen LogP) is 0.197. The lowest BCUT2D eigenvalue weighted by atomic mass is 10.0. The zero-order chi connectivity index (χ0) is 12.8. The van der Waals surface area contributed by atoms with Crippen molar-refractivity contribution in [3.8, 4) is 0 Å². The summed E-state index contributed by atoms with van der Waals surface area (Å²) in [6.45, 7) is 4.84. The number of carbonyl (C=O) groups excluding carboxylic acids is 1. The quantitative estimate of drug-likeness (QED) is 0.739. The molecule has 1 aliphatic heterocycles. The number of urea groups is 1. The number of carboxylic acid groups (broad SMARTS) is 1. The minimum atomic E-state index is -1.02. The molecule has 98 valence electrons. The van der Waals surface area contributed by atoms with Crippen molar-refractivity contribution in [1.29, 1.82) is 0 Å². The maximum absolute atomic E-state index is 11.6. The van der Waals surface area contributed by atoms with Gasteiger partial charge >= 0.3 is 12.0 Å². The Kier molecular flexibility index (Phi) is 5.21. The van der Waals surface area contributed by atoms with Crippen LogP contribution in [0.4, 0.5) is 4.79 Å². The lowest BCUT2D eigenvalue weighted by molar-refractivity contribution is -0.135. The Hall–Kier alpha value is -1.30. The van der Waals surface area contributed by atoms with Crippen LogP contribution in [0.2, 0.25) is 0 Å². The molecule has 2 N–H and O–H groups in total. The number of carboxylic acids is 1. The number of likely N-dealkylation sites (tertiary alicyclic amines) is 1. The summed E-state index contributed by atoms with van der Waals surface area (Å²) in [7, 11) is 1.73. The molecule has 0 aromatic rings. The Morgan fingerprint density at radius 2 is 2.00 bits per heavy atom. The van der Waals surface area contributed by atoms with Crippen molar-refractivity contribution < 1.29 is 14.7 Å². The van der Waals surface area contributed by atoms with E-state index in [0.29, 0.717) is 0 Å². The van der Waals surface area contributed by atoms with Gasteiger partial charge in [-0.15, -0.1) is 0 Å². The summed E-state index contributed by atoms with van der Waals surface area (Å²) < 4.78 is 0. The van der Waals surface area contributed by atoms with Crippen molar-refractivity contribution >= 4 is 12.0 Å². The topological polar surface area (TPSA) is 72.9 Å². The van der Waals surface area contributed by atoms with Gasteiger partial charge in [0.25, 0.3) is 0 Å². The minimum absolute atomic E-state index is 0.214. The molecule has 0 bridgehead atoms. The Balaban J connectivity index is 2.34. The van der Waals surface area contributed by atoms with Crippen LogP contribution in [0, 0.1) is 0 Å². The molecule has 1 aliphatic rings. The average Bonchev–Trinajstić information content (AvgIpc) is 2.35. The van der Waals surface area contributed by atoms with Crippen LogP contribution in [-0.4, -0.2) is 66.2 Å². The van der Waals surface area contributed by atoms with Gasteiger partial charge in [0.15, 0.2) is 0 Å². The van der Waals surface area contributed by atoms with E-state index >= 15 is 0 Å². The monoisotopic (exact) mass is 243 g/mol. The van der Waals surface area contributed by atoms with Crippen LogP contribution >= 0.6 is 0 Å². The molecule has 1 rings (SSSR count). The number of piperidine rings is 1. The molecule has 1 heterocycles. The lowest BCUT2D eigenvalue weighted by Crippen LogP contribution is -2.49. The minimum Gasteiger partial charge on any atom is -0.480 e. The number of nitrogens with one attached hydrogen (secondary N) is 1. The Morgan fingerprint density at radius 3 is 2.47 bits per heavy atom. The Morgan fingerprint density at radius 1 is 1.41 bits per heavy atom. The molecule has 0 spiro atoms. The molecule has 6 heteroatoms. The maximum Gasteiger partial charge on any atom is 0.323 e. The van der Waals surface area contributed by atoms with E-state index in [2.05, 4.69) is 17.1 Å². The molecular weight excluding hydrogens is 222 g/mol. The fourth-order valence-electron chi connectivity index (χ4n) is 2.06. The number of amides is 2. The summed E-state index contributed by atoms with van der Waals surface area (Å²) in [6.07, 6.45) is 1.90. The van der Waals surface area contributed by atoms with Crippen LogP contribution in [0.1, 0.15) is 19.8 Å². The van der Waals surface area contributed by atoms with Gasteiger partial charge in [0.1, 0.15) is 6.54 Å². The molecular formula is C11H21N3O3. The van der Waals surface area contributed by atoms with E-state index in [1.54, 1.807) is 11.9 Å². The molecule has 1 saturated heterocycles. The van der Waals surface area contributed by atoms with Crippen molar-refractivity contribution in [2.24, 2.45) is 0 Å². The van der Waals surface area contributed by atoms with Crippen LogP contribution in [0.25, 0.3) is 0 Å². The number of hydrogen-bond donors (Lipinski definition) is 2. The molecule has 0 atom stereocenters. The highest BCUT2D eigenvalue weighted by Crippen LogP contribution is 2.14. The van der Waals surface area contributed by atoms with Crippen LogP contribution in [0.3, 0.4) is 0 Å². The average molecular weight is 243 g/mol. The first-order valence-corrected chi connectivity index (χ1v) is 5.99. The van der Waals surface area contributed by atoms with Gasteiger partial charge in [-0.25, -0.2) is 4.79 Å². The second kappa shape index (κ2) is 6.44. The van der Waals surface area contributed by atoms with Crippen molar-refractivity contribution in [2.45, 2.75) is 25.8 Å². The highest BCUT2D eigenvalue weighted by atomic mass is 16.4. The Bertz CT molecular complexity index is 275. The molecule has 0 aromatic carbocycles. The summed E-state index contributed by atoms with van der Waals surface area (Å²) in [5.41, 5.74) is 0. The van der Waals surface area contributed by atoms with Gasteiger partial charge in [0.2, 0.25) is 0 Å². The van der Waals surface area contributed by atoms with E-state index in [-0.39, 0.29) is 18.6 Å². The third kappa shape index (κ3) is 4.22. The molecule has 0 radical (unpaired) electrons. The van der Waals surface area contributed by atoms with Gasteiger partial charge in [-0.1, -0.05) is 6.92 Å². The van der Waals surface area contributed by atoms with Crippen molar-refractivity contribution in [3.05, 3.63) is 0 Å². The third-order valence-electron chi connectivity index (χ3n) is 3.26. The number of aliphatic carboxylic acids is 1. The van der Waals surface area contributed by atoms with Crippen LogP contribution in [0.5, 0.6) is 0 Å². The molecule has 0 aliphatic carbocycles. The summed E-state index contributed by atoms with van der Waals surface area (Å²) in [5, 5.41) is 10.9. The largest absolute Gasteiger partial charge is 0.480 e. The highest BCUT2D eigenvalue weighted by molar-refractivity contribution is 5.79. The molecule has 17 heavy (non-hydrogen) atoms. The third-order valence-corrected chi connectivity index (χ3v) is 3.26. The molecule has 1 fully saturated rings. The van der Waals surface area contributed by atoms with Crippen molar-refractivity contribution in [3.63, 3.8) is 0 Å². The van der Waals surface area contributed by atoms with Crippen molar-refractivity contribution in [1.82, 2.24) is 15.1 Å². The summed E-state index contributed by atoms with van der Waals surface area (Å²) in [5.74, 6) is -1.02. The van der Waals surface area contributed by atoms with Gasteiger partial charge in [-0.05, 0) is 19.4 Å². The molecule has 0 aromatic heterocycles. The maximum atomic E-state index is 11.6. The second-order valence-corrected chi connectivity index (χ2v) is 4.33. The van der Waals surface area contributed by atoms with Gasteiger partial charge in [-0.3, -0.25) is 4.79 Å². The molecule has 0 unspecified atom stereocenters. The zero-order valence-electron chi connectivity index (χ0n) is 10.5.